The second-order valence-electron chi connectivity index (χ2n) is 8.39. The van der Waals surface area contributed by atoms with Crippen LogP contribution in [-0.4, -0.2) is 19.7 Å². The number of carbonyl (C=O) groups excluding carboxylic acids is 1. The highest BCUT2D eigenvalue weighted by Gasteiger charge is 2.32. The van der Waals surface area contributed by atoms with Crippen LogP contribution in [-0.2, 0) is 4.79 Å². The number of benzene rings is 3. The number of allylic oxidation sites excluding steroid dienone is 1. The third-order valence-corrected chi connectivity index (χ3v) is 5.92. The molecule has 3 aromatic rings. The third kappa shape index (κ3) is 5.93. The van der Waals surface area contributed by atoms with E-state index in [9.17, 15) is 10.1 Å². The maximum Gasteiger partial charge on any atom is 0.336 e. The van der Waals surface area contributed by atoms with E-state index in [0.717, 1.165) is 35.3 Å². The van der Waals surface area contributed by atoms with E-state index in [0.29, 0.717) is 29.4 Å². The Balaban J connectivity index is 1.58. The van der Waals surface area contributed by atoms with Crippen molar-refractivity contribution in [1.82, 2.24) is 0 Å². The summed E-state index contributed by atoms with van der Waals surface area (Å²) in [5, 5.41) is 9.89. The summed E-state index contributed by atoms with van der Waals surface area (Å²) in [6.07, 6.45) is 4.93. The van der Waals surface area contributed by atoms with Gasteiger partial charge in [0, 0.05) is 23.3 Å². The smallest absolute Gasteiger partial charge is 0.336 e. The zero-order valence-corrected chi connectivity index (χ0v) is 20.8. The second kappa shape index (κ2) is 11.8. The van der Waals surface area contributed by atoms with E-state index >= 15 is 0 Å². The third-order valence-electron chi connectivity index (χ3n) is 5.92. The SMILES string of the molecule is CCCCOc1ccccc1C1C(C#N)=C(N)Oc2cc(OC(=O)/C=C/c3ccc(OC)cc3)ccc21. The quantitative estimate of drug-likeness (QED) is 0.175. The second-order valence-corrected chi connectivity index (χ2v) is 8.39. The molecule has 0 spiro atoms. The van der Waals surface area contributed by atoms with Crippen molar-refractivity contribution >= 4 is 12.0 Å². The molecule has 0 amide bonds. The Morgan fingerprint density at radius 3 is 2.57 bits per heavy atom. The summed E-state index contributed by atoms with van der Waals surface area (Å²) in [4.78, 5) is 12.4. The number of para-hydroxylation sites is 1. The summed E-state index contributed by atoms with van der Waals surface area (Å²) in [5.41, 5.74) is 8.82. The molecule has 0 saturated carbocycles. The van der Waals surface area contributed by atoms with Gasteiger partial charge >= 0.3 is 5.97 Å². The van der Waals surface area contributed by atoms with Crippen LogP contribution in [0.25, 0.3) is 6.08 Å². The summed E-state index contributed by atoms with van der Waals surface area (Å²) in [5.74, 6) is 1.11. The number of hydrogen-bond acceptors (Lipinski definition) is 7. The Morgan fingerprint density at radius 2 is 1.84 bits per heavy atom. The number of ether oxygens (including phenoxy) is 4. The monoisotopic (exact) mass is 496 g/mol. The molecule has 2 N–H and O–H groups in total. The minimum atomic E-state index is -0.543. The molecule has 1 unspecified atom stereocenters. The van der Waals surface area contributed by atoms with Crippen LogP contribution in [0.1, 0.15) is 42.4 Å². The summed E-state index contributed by atoms with van der Waals surface area (Å²) in [6, 6.07) is 22.1. The zero-order valence-electron chi connectivity index (χ0n) is 20.8. The van der Waals surface area contributed by atoms with Crippen LogP contribution < -0.4 is 24.7 Å². The van der Waals surface area contributed by atoms with Crippen LogP contribution in [0.15, 0.2) is 84.3 Å². The van der Waals surface area contributed by atoms with Gasteiger partial charge in [-0.25, -0.2) is 4.79 Å². The zero-order chi connectivity index (χ0) is 26.2. The molecule has 0 saturated heterocycles. The largest absolute Gasteiger partial charge is 0.497 e. The van der Waals surface area contributed by atoms with E-state index < -0.39 is 11.9 Å². The Hall–Kier alpha value is -4.70. The molecule has 1 atom stereocenters. The van der Waals surface area contributed by atoms with Crippen LogP contribution >= 0.6 is 0 Å². The number of nitrogens with zero attached hydrogens (tertiary/aromatic N) is 1. The summed E-state index contributed by atoms with van der Waals surface area (Å²) in [7, 11) is 1.59. The van der Waals surface area contributed by atoms with E-state index in [1.807, 2.05) is 48.5 Å². The van der Waals surface area contributed by atoms with Crippen molar-refractivity contribution in [1.29, 1.82) is 5.26 Å². The summed E-state index contributed by atoms with van der Waals surface area (Å²) in [6.45, 7) is 2.67. The number of nitriles is 1. The van der Waals surface area contributed by atoms with Gasteiger partial charge in [0.1, 0.15) is 34.6 Å². The average molecular weight is 497 g/mol. The molecule has 0 aliphatic carbocycles. The van der Waals surface area contributed by atoms with Crippen molar-refractivity contribution in [2.45, 2.75) is 25.7 Å². The van der Waals surface area contributed by atoms with E-state index in [4.69, 9.17) is 24.7 Å². The molecule has 37 heavy (non-hydrogen) atoms. The maximum absolute atomic E-state index is 12.4. The Kier molecular flexibility index (Phi) is 8.11. The molecule has 1 aliphatic heterocycles. The van der Waals surface area contributed by atoms with E-state index in [1.54, 1.807) is 31.4 Å². The van der Waals surface area contributed by atoms with Gasteiger partial charge in [-0.3, -0.25) is 0 Å². The van der Waals surface area contributed by atoms with Gasteiger partial charge in [0.2, 0.25) is 5.88 Å². The van der Waals surface area contributed by atoms with Crippen molar-refractivity contribution in [3.05, 3.63) is 101 Å². The first-order chi connectivity index (χ1) is 18.0. The normalized spacial score (nSPS) is 14.5. The first-order valence-corrected chi connectivity index (χ1v) is 12.0. The molecular formula is C30H28N2O5. The number of methoxy groups -OCH3 is 1. The van der Waals surface area contributed by atoms with Crippen molar-refractivity contribution in [2.75, 3.05) is 13.7 Å². The number of rotatable bonds is 9. The molecular weight excluding hydrogens is 468 g/mol. The van der Waals surface area contributed by atoms with Gasteiger partial charge in [0.15, 0.2) is 0 Å². The Labute approximate surface area is 216 Å². The van der Waals surface area contributed by atoms with Gasteiger partial charge in [-0.05, 0) is 42.3 Å². The molecule has 1 aliphatic rings. The lowest BCUT2D eigenvalue weighted by atomic mass is 9.83. The first kappa shape index (κ1) is 25.4. The highest BCUT2D eigenvalue weighted by atomic mass is 16.5. The van der Waals surface area contributed by atoms with E-state index in [-0.39, 0.29) is 5.88 Å². The first-order valence-electron chi connectivity index (χ1n) is 12.0. The Bertz CT molecular complexity index is 1370. The van der Waals surface area contributed by atoms with Gasteiger partial charge in [0.05, 0.1) is 19.6 Å². The van der Waals surface area contributed by atoms with E-state index in [1.165, 1.54) is 6.08 Å². The van der Waals surface area contributed by atoms with Gasteiger partial charge in [-0.15, -0.1) is 0 Å². The molecule has 188 valence electrons. The maximum atomic E-state index is 12.4. The van der Waals surface area contributed by atoms with Crippen molar-refractivity contribution in [2.24, 2.45) is 5.73 Å². The minimum Gasteiger partial charge on any atom is -0.497 e. The van der Waals surface area contributed by atoms with Gasteiger partial charge in [-0.2, -0.15) is 5.26 Å². The van der Waals surface area contributed by atoms with Crippen LogP contribution in [0, 0.1) is 11.3 Å². The van der Waals surface area contributed by atoms with Gasteiger partial charge in [0.25, 0.3) is 0 Å². The van der Waals surface area contributed by atoms with Crippen molar-refractivity contribution in [3.63, 3.8) is 0 Å². The highest BCUT2D eigenvalue weighted by Crippen LogP contribution is 2.45. The standard InChI is InChI=1S/C30H28N2O5/c1-3-4-17-35-26-8-6-5-7-23(26)29-24-15-14-22(18-27(24)37-30(32)25(29)19-31)36-28(33)16-11-20-9-12-21(34-2)13-10-20/h5-16,18,29H,3-4,17,32H2,1-2H3/b16-11+. The molecule has 3 aromatic carbocycles. The summed E-state index contributed by atoms with van der Waals surface area (Å²) < 4.78 is 22.4. The number of fused-ring (bicyclic) bond motifs is 1. The number of nitrogens with two attached hydrogens (primary N) is 1. The molecule has 0 radical (unpaired) electrons. The van der Waals surface area contributed by atoms with Crippen LogP contribution in [0.4, 0.5) is 0 Å². The molecule has 7 heteroatoms. The molecule has 0 bridgehead atoms. The van der Waals surface area contributed by atoms with Crippen molar-refractivity contribution < 1.29 is 23.7 Å². The molecule has 0 aromatic heterocycles. The predicted octanol–water partition coefficient (Wildman–Crippen LogP) is 5.71. The molecule has 1 heterocycles. The van der Waals surface area contributed by atoms with Crippen LogP contribution in [0.3, 0.4) is 0 Å². The lowest BCUT2D eigenvalue weighted by Crippen LogP contribution is -2.21. The molecule has 4 rings (SSSR count). The predicted molar refractivity (Wildman–Crippen MR) is 140 cm³/mol. The Morgan fingerprint density at radius 1 is 1.08 bits per heavy atom. The number of unbranched alkanes of at least 4 members (excludes halogenated alkanes) is 1. The van der Waals surface area contributed by atoms with Crippen LogP contribution in [0.5, 0.6) is 23.0 Å². The van der Waals surface area contributed by atoms with Gasteiger partial charge < -0.3 is 24.7 Å². The summed E-state index contributed by atoms with van der Waals surface area (Å²) >= 11 is 0. The fraction of sp³-hybridized carbons (Fsp3) is 0.200. The number of esters is 1. The number of carbonyl (C=O) groups is 1. The van der Waals surface area contributed by atoms with Crippen LogP contribution in [0.2, 0.25) is 0 Å². The topological polar surface area (TPSA) is 104 Å². The average Bonchev–Trinajstić information content (AvgIpc) is 2.92. The fourth-order valence-electron chi connectivity index (χ4n) is 4.03. The number of hydrogen-bond donors (Lipinski definition) is 1. The van der Waals surface area contributed by atoms with Gasteiger partial charge in [-0.1, -0.05) is 49.7 Å². The lowest BCUT2D eigenvalue weighted by molar-refractivity contribution is -0.128. The minimum absolute atomic E-state index is 0.00578. The van der Waals surface area contributed by atoms with E-state index in [2.05, 4.69) is 13.0 Å². The lowest BCUT2D eigenvalue weighted by Gasteiger charge is -2.28. The fourth-order valence-corrected chi connectivity index (χ4v) is 4.03. The van der Waals surface area contributed by atoms with Crippen molar-refractivity contribution in [3.8, 4) is 29.1 Å². The highest BCUT2D eigenvalue weighted by molar-refractivity contribution is 5.88. The molecule has 7 nitrogen and oxygen atoms in total. The molecule has 0 fully saturated rings.